The third-order valence-electron chi connectivity index (χ3n) is 3.81. The van der Waals surface area contributed by atoms with Crippen molar-refractivity contribution in [3.63, 3.8) is 0 Å². The zero-order chi connectivity index (χ0) is 15.4. The summed E-state index contributed by atoms with van der Waals surface area (Å²) in [5, 5.41) is 0. The SMILES string of the molecule is CC1=CCCC(Oc2ccc(OC3=CC(C)=CCC3)cc2)=C1. The number of rotatable bonds is 4. The molecule has 0 aliphatic heterocycles. The van der Waals surface area contributed by atoms with Gasteiger partial charge in [0.1, 0.15) is 23.0 Å². The van der Waals surface area contributed by atoms with Crippen LogP contribution >= 0.6 is 0 Å². The standard InChI is InChI=1S/C20H22O2/c1-15-5-3-7-19(13-15)21-17-9-11-18(12-10-17)22-20-8-4-6-16(2)14-20/h5-6,9-14H,3-4,7-8H2,1-2H3. The molecule has 0 N–H and O–H groups in total. The summed E-state index contributed by atoms with van der Waals surface area (Å²) in [6.45, 7) is 4.21. The summed E-state index contributed by atoms with van der Waals surface area (Å²) >= 11 is 0. The molecule has 2 nitrogen and oxygen atoms in total. The van der Waals surface area contributed by atoms with E-state index >= 15 is 0 Å². The van der Waals surface area contributed by atoms with Crippen LogP contribution in [0, 0.1) is 0 Å². The Balaban J connectivity index is 1.63. The van der Waals surface area contributed by atoms with Crippen LogP contribution in [0.1, 0.15) is 39.5 Å². The van der Waals surface area contributed by atoms with Crippen molar-refractivity contribution in [2.24, 2.45) is 0 Å². The third-order valence-corrected chi connectivity index (χ3v) is 3.81. The molecule has 0 amide bonds. The van der Waals surface area contributed by atoms with Crippen molar-refractivity contribution in [1.29, 1.82) is 0 Å². The average molecular weight is 294 g/mol. The van der Waals surface area contributed by atoms with Gasteiger partial charge in [0.25, 0.3) is 0 Å². The van der Waals surface area contributed by atoms with Crippen LogP contribution in [0.25, 0.3) is 0 Å². The second-order valence-corrected chi connectivity index (χ2v) is 5.87. The minimum absolute atomic E-state index is 0.863. The highest BCUT2D eigenvalue weighted by Gasteiger charge is 2.07. The van der Waals surface area contributed by atoms with Crippen molar-refractivity contribution in [2.75, 3.05) is 0 Å². The van der Waals surface area contributed by atoms with E-state index in [9.17, 15) is 0 Å². The molecular formula is C20H22O2. The summed E-state index contributed by atoms with van der Waals surface area (Å²) in [4.78, 5) is 0. The molecule has 0 bridgehead atoms. The van der Waals surface area contributed by atoms with Crippen LogP contribution in [0.5, 0.6) is 11.5 Å². The fraction of sp³-hybridized carbons (Fsp3) is 0.300. The minimum Gasteiger partial charge on any atom is -0.462 e. The van der Waals surface area contributed by atoms with Gasteiger partial charge in [-0.05, 0) is 63.1 Å². The van der Waals surface area contributed by atoms with E-state index in [1.54, 1.807) is 0 Å². The van der Waals surface area contributed by atoms with Crippen molar-refractivity contribution >= 4 is 0 Å². The molecule has 0 heterocycles. The van der Waals surface area contributed by atoms with Crippen molar-refractivity contribution in [2.45, 2.75) is 39.5 Å². The van der Waals surface area contributed by atoms with E-state index in [1.807, 2.05) is 24.3 Å². The monoisotopic (exact) mass is 294 g/mol. The molecule has 0 spiro atoms. The molecule has 0 saturated heterocycles. The lowest BCUT2D eigenvalue weighted by Gasteiger charge is -2.15. The molecule has 0 saturated carbocycles. The second-order valence-electron chi connectivity index (χ2n) is 5.87. The van der Waals surface area contributed by atoms with Crippen LogP contribution in [-0.4, -0.2) is 0 Å². The highest BCUT2D eigenvalue weighted by atomic mass is 16.5. The van der Waals surface area contributed by atoms with Gasteiger partial charge in [0.05, 0.1) is 0 Å². The Kier molecular flexibility index (Phi) is 4.47. The molecule has 0 fully saturated rings. The number of hydrogen-bond acceptors (Lipinski definition) is 2. The predicted molar refractivity (Wildman–Crippen MR) is 89.8 cm³/mol. The number of hydrogen-bond donors (Lipinski definition) is 0. The molecule has 2 aliphatic carbocycles. The van der Waals surface area contributed by atoms with Gasteiger partial charge >= 0.3 is 0 Å². The maximum Gasteiger partial charge on any atom is 0.127 e. The minimum atomic E-state index is 0.863. The molecule has 2 aliphatic rings. The lowest BCUT2D eigenvalue weighted by molar-refractivity contribution is 0.391. The Labute approximate surface area is 132 Å². The molecule has 0 aromatic heterocycles. The Morgan fingerprint density at radius 2 is 1.09 bits per heavy atom. The van der Waals surface area contributed by atoms with E-state index in [4.69, 9.17) is 9.47 Å². The Bertz CT molecular complexity index is 598. The van der Waals surface area contributed by atoms with Crippen molar-refractivity contribution in [1.82, 2.24) is 0 Å². The van der Waals surface area contributed by atoms with Gasteiger partial charge in [-0.3, -0.25) is 0 Å². The molecule has 2 heteroatoms. The van der Waals surface area contributed by atoms with E-state index in [2.05, 4.69) is 38.2 Å². The van der Waals surface area contributed by atoms with Crippen LogP contribution < -0.4 is 9.47 Å². The molecule has 114 valence electrons. The van der Waals surface area contributed by atoms with Gasteiger partial charge in [0, 0.05) is 12.8 Å². The van der Waals surface area contributed by atoms with E-state index < -0.39 is 0 Å². The lowest BCUT2D eigenvalue weighted by Crippen LogP contribution is -2.00. The number of allylic oxidation sites excluding steroid dienone is 8. The first-order valence-electron chi connectivity index (χ1n) is 7.89. The summed E-state index contributed by atoms with van der Waals surface area (Å²) < 4.78 is 11.9. The fourth-order valence-corrected chi connectivity index (χ4v) is 2.69. The quantitative estimate of drug-likeness (QED) is 0.710. The molecular weight excluding hydrogens is 272 g/mol. The Hall–Kier alpha value is -2.22. The summed E-state index contributed by atoms with van der Waals surface area (Å²) in [6, 6.07) is 7.87. The maximum absolute atomic E-state index is 5.93. The van der Waals surface area contributed by atoms with Gasteiger partial charge < -0.3 is 9.47 Å². The zero-order valence-electron chi connectivity index (χ0n) is 13.3. The van der Waals surface area contributed by atoms with Gasteiger partial charge in [0.15, 0.2) is 0 Å². The summed E-state index contributed by atoms with van der Waals surface area (Å²) in [6.07, 6.45) is 12.7. The van der Waals surface area contributed by atoms with Crippen LogP contribution in [0.3, 0.4) is 0 Å². The summed E-state index contributed by atoms with van der Waals surface area (Å²) in [7, 11) is 0. The smallest absolute Gasteiger partial charge is 0.127 e. The van der Waals surface area contributed by atoms with E-state index in [0.717, 1.165) is 48.7 Å². The van der Waals surface area contributed by atoms with Gasteiger partial charge in [0.2, 0.25) is 0 Å². The largest absolute Gasteiger partial charge is 0.462 e. The fourth-order valence-electron chi connectivity index (χ4n) is 2.69. The second kappa shape index (κ2) is 6.69. The van der Waals surface area contributed by atoms with Crippen molar-refractivity contribution < 1.29 is 9.47 Å². The van der Waals surface area contributed by atoms with Gasteiger partial charge in [-0.1, -0.05) is 23.3 Å². The van der Waals surface area contributed by atoms with E-state index in [1.165, 1.54) is 11.1 Å². The Morgan fingerprint density at radius 3 is 1.45 bits per heavy atom. The van der Waals surface area contributed by atoms with Gasteiger partial charge in [-0.2, -0.15) is 0 Å². The highest BCUT2D eigenvalue weighted by molar-refractivity contribution is 5.35. The molecule has 1 aromatic carbocycles. The van der Waals surface area contributed by atoms with Gasteiger partial charge in [-0.15, -0.1) is 0 Å². The Morgan fingerprint density at radius 1 is 0.682 bits per heavy atom. The van der Waals surface area contributed by atoms with Crippen LogP contribution in [0.15, 0.2) is 71.2 Å². The highest BCUT2D eigenvalue weighted by Crippen LogP contribution is 2.26. The van der Waals surface area contributed by atoms with Crippen LogP contribution in [0.4, 0.5) is 0 Å². The topological polar surface area (TPSA) is 18.5 Å². The third kappa shape index (κ3) is 3.91. The molecule has 0 unspecified atom stereocenters. The number of ether oxygens (including phenoxy) is 2. The normalized spacial score (nSPS) is 17.9. The summed E-state index contributed by atoms with van der Waals surface area (Å²) in [5.74, 6) is 3.79. The molecule has 3 rings (SSSR count). The van der Waals surface area contributed by atoms with Crippen molar-refractivity contribution in [3.8, 4) is 11.5 Å². The predicted octanol–water partition coefficient (Wildman–Crippen LogP) is 5.69. The molecule has 0 atom stereocenters. The van der Waals surface area contributed by atoms with Crippen LogP contribution in [0.2, 0.25) is 0 Å². The molecule has 1 aromatic rings. The van der Waals surface area contributed by atoms with E-state index in [-0.39, 0.29) is 0 Å². The zero-order valence-corrected chi connectivity index (χ0v) is 13.3. The van der Waals surface area contributed by atoms with Crippen molar-refractivity contribution in [3.05, 3.63) is 71.2 Å². The molecule has 22 heavy (non-hydrogen) atoms. The lowest BCUT2D eigenvalue weighted by atomic mass is 10.1. The first-order valence-corrected chi connectivity index (χ1v) is 7.89. The van der Waals surface area contributed by atoms with Gasteiger partial charge in [-0.25, -0.2) is 0 Å². The first kappa shape index (κ1) is 14.7. The summed E-state index contributed by atoms with van der Waals surface area (Å²) in [5.41, 5.74) is 2.54. The first-order chi connectivity index (χ1) is 10.7. The van der Waals surface area contributed by atoms with E-state index in [0.29, 0.717) is 0 Å². The average Bonchev–Trinajstić information content (AvgIpc) is 2.49. The maximum atomic E-state index is 5.93. The number of benzene rings is 1. The molecule has 0 radical (unpaired) electrons. The van der Waals surface area contributed by atoms with Crippen LogP contribution in [-0.2, 0) is 0 Å².